The van der Waals surface area contributed by atoms with Crippen molar-refractivity contribution in [2.75, 3.05) is 11.9 Å². The number of carbonyl (C=O) groups is 1. The molecular formula is C15H12FNO. The summed E-state index contributed by atoms with van der Waals surface area (Å²) < 4.78 is 12.9. The van der Waals surface area contributed by atoms with E-state index in [1.807, 2.05) is 24.3 Å². The van der Waals surface area contributed by atoms with E-state index in [2.05, 4.69) is 0 Å². The molecule has 1 aliphatic heterocycles. The highest BCUT2D eigenvalue weighted by atomic mass is 19.1. The number of amides is 1. The molecule has 1 unspecified atom stereocenters. The van der Waals surface area contributed by atoms with Crippen LogP contribution in [0.3, 0.4) is 0 Å². The number of carbonyl (C=O) groups excluding carboxylic acids is 1. The van der Waals surface area contributed by atoms with E-state index >= 15 is 0 Å². The molecule has 0 spiro atoms. The number of benzene rings is 2. The first-order chi connectivity index (χ1) is 8.68. The van der Waals surface area contributed by atoms with Crippen molar-refractivity contribution in [3.8, 4) is 0 Å². The Hall–Kier alpha value is -2.16. The maximum atomic E-state index is 12.9. The maximum absolute atomic E-state index is 12.9. The number of anilines is 1. The van der Waals surface area contributed by atoms with Gasteiger partial charge in [-0.05, 0) is 29.3 Å². The van der Waals surface area contributed by atoms with Gasteiger partial charge in [-0.1, -0.05) is 30.3 Å². The molecule has 0 N–H and O–H groups in total. The van der Waals surface area contributed by atoms with Crippen LogP contribution >= 0.6 is 0 Å². The lowest BCUT2D eigenvalue weighted by Crippen LogP contribution is -2.24. The quantitative estimate of drug-likeness (QED) is 0.751. The molecule has 18 heavy (non-hydrogen) atoms. The molecule has 0 saturated heterocycles. The van der Waals surface area contributed by atoms with E-state index in [0.717, 1.165) is 16.8 Å². The summed E-state index contributed by atoms with van der Waals surface area (Å²) in [6.07, 6.45) is 0. The first-order valence-corrected chi connectivity index (χ1v) is 5.80. The Morgan fingerprint density at radius 1 is 1.06 bits per heavy atom. The van der Waals surface area contributed by atoms with Crippen molar-refractivity contribution in [1.82, 2.24) is 0 Å². The summed E-state index contributed by atoms with van der Waals surface area (Å²) in [4.78, 5) is 13.9. The Morgan fingerprint density at radius 2 is 1.72 bits per heavy atom. The van der Waals surface area contributed by atoms with Gasteiger partial charge < -0.3 is 4.90 Å². The molecule has 0 aromatic heterocycles. The number of rotatable bonds is 1. The molecule has 0 bridgehead atoms. The molecule has 1 atom stereocenters. The zero-order valence-corrected chi connectivity index (χ0v) is 9.93. The molecule has 1 heterocycles. The second-order valence-electron chi connectivity index (χ2n) is 4.44. The van der Waals surface area contributed by atoms with Gasteiger partial charge in [0.1, 0.15) is 5.82 Å². The largest absolute Gasteiger partial charge is 0.314 e. The zero-order valence-electron chi connectivity index (χ0n) is 9.93. The van der Waals surface area contributed by atoms with Crippen LogP contribution in [0.25, 0.3) is 0 Å². The SMILES string of the molecule is CN1C(=O)C(c2ccc(F)cc2)c2ccccc21. The molecule has 0 aliphatic carbocycles. The van der Waals surface area contributed by atoms with E-state index < -0.39 is 0 Å². The molecule has 1 amide bonds. The van der Waals surface area contributed by atoms with E-state index in [1.165, 1.54) is 12.1 Å². The van der Waals surface area contributed by atoms with Crippen LogP contribution in [-0.4, -0.2) is 13.0 Å². The fourth-order valence-corrected chi connectivity index (χ4v) is 2.46. The molecule has 90 valence electrons. The number of hydrogen-bond acceptors (Lipinski definition) is 1. The molecule has 2 aromatic rings. The van der Waals surface area contributed by atoms with Crippen molar-refractivity contribution in [1.29, 1.82) is 0 Å². The highest BCUT2D eigenvalue weighted by Gasteiger charge is 2.35. The third kappa shape index (κ3) is 1.51. The molecule has 2 aromatic carbocycles. The standard InChI is InChI=1S/C15H12FNO/c1-17-13-5-3-2-4-12(13)14(15(17)18)10-6-8-11(16)9-7-10/h2-9,14H,1H3. The Balaban J connectivity index is 2.13. The minimum absolute atomic E-state index is 0.0304. The molecule has 3 rings (SSSR count). The second kappa shape index (κ2) is 3.95. The monoisotopic (exact) mass is 241 g/mol. The summed E-state index contributed by atoms with van der Waals surface area (Å²) in [5.41, 5.74) is 2.74. The van der Waals surface area contributed by atoms with Crippen LogP contribution in [0.5, 0.6) is 0 Å². The van der Waals surface area contributed by atoms with E-state index in [-0.39, 0.29) is 17.6 Å². The minimum Gasteiger partial charge on any atom is -0.314 e. The summed E-state index contributed by atoms with van der Waals surface area (Å²) in [6.45, 7) is 0. The summed E-state index contributed by atoms with van der Waals surface area (Å²) in [7, 11) is 1.77. The summed E-state index contributed by atoms with van der Waals surface area (Å²) in [5, 5.41) is 0. The molecule has 0 radical (unpaired) electrons. The molecular weight excluding hydrogens is 229 g/mol. The molecule has 1 aliphatic rings. The predicted octanol–water partition coefficient (Wildman–Crippen LogP) is 2.93. The molecule has 0 saturated carbocycles. The van der Waals surface area contributed by atoms with Crippen molar-refractivity contribution in [3.63, 3.8) is 0 Å². The van der Waals surface area contributed by atoms with Gasteiger partial charge in [-0.15, -0.1) is 0 Å². The first-order valence-electron chi connectivity index (χ1n) is 5.80. The lowest BCUT2D eigenvalue weighted by molar-refractivity contribution is -0.118. The Morgan fingerprint density at radius 3 is 2.44 bits per heavy atom. The lowest BCUT2D eigenvalue weighted by Gasteiger charge is -2.11. The van der Waals surface area contributed by atoms with Gasteiger partial charge in [-0.2, -0.15) is 0 Å². The Kier molecular flexibility index (Phi) is 2.40. The van der Waals surface area contributed by atoms with Crippen LogP contribution in [-0.2, 0) is 4.79 Å². The van der Waals surface area contributed by atoms with Gasteiger partial charge in [-0.25, -0.2) is 4.39 Å². The van der Waals surface area contributed by atoms with Gasteiger partial charge in [0.2, 0.25) is 5.91 Å². The fourth-order valence-electron chi connectivity index (χ4n) is 2.46. The van der Waals surface area contributed by atoms with Crippen molar-refractivity contribution in [3.05, 3.63) is 65.5 Å². The van der Waals surface area contributed by atoms with Crippen LogP contribution in [0.2, 0.25) is 0 Å². The average molecular weight is 241 g/mol. The van der Waals surface area contributed by atoms with Crippen molar-refractivity contribution in [2.45, 2.75) is 5.92 Å². The van der Waals surface area contributed by atoms with Crippen LogP contribution in [0.15, 0.2) is 48.5 Å². The number of likely N-dealkylation sites (N-methyl/N-ethyl adjacent to an activating group) is 1. The van der Waals surface area contributed by atoms with Crippen molar-refractivity contribution in [2.24, 2.45) is 0 Å². The fraction of sp³-hybridized carbons (Fsp3) is 0.133. The van der Waals surface area contributed by atoms with Crippen molar-refractivity contribution < 1.29 is 9.18 Å². The van der Waals surface area contributed by atoms with Gasteiger partial charge in [0, 0.05) is 12.7 Å². The minimum atomic E-state index is -0.313. The van der Waals surface area contributed by atoms with E-state index in [9.17, 15) is 9.18 Å². The third-order valence-electron chi connectivity index (χ3n) is 3.39. The van der Waals surface area contributed by atoms with Gasteiger partial charge in [0.05, 0.1) is 5.92 Å². The van der Waals surface area contributed by atoms with E-state index in [0.29, 0.717) is 0 Å². The topological polar surface area (TPSA) is 20.3 Å². The maximum Gasteiger partial charge on any atom is 0.238 e. The number of nitrogens with zero attached hydrogens (tertiary/aromatic N) is 1. The predicted molar refractivity (Wildman–Crippen MR) is 68.1 cm³/mol. The van der Waals surface area contributed by atoms with Crippen LogP contribution in [0.1, 0.15) is 17.0 Å². The number of para-hydroxylation sites is 1. The normalized spacial score (nSPS) is 18.0. The highest BCUT2D eigenvalue weighted by Crippen LogP contribution is 2.39. The molecule has 0 fully saturated rings. The number of fused-ring (bicyclic) bond motifs is 1. The lowest BCUT2D eigenvalue weighted by atomic mass is 9.93. The smallest absolute Gasteiger partial charge is 0.238 e. The summed E-state index contributed by atoms with van der Waals surface area (Å²) in [6, 6.07) is 13.8. The number of halogens is 1. The zero-order chi connectivity index (χ0) is 12.7. The Bertz CT molecular complexity index is 606. The van der Waals surface area contributed by atoms with Crippen LogP contribution < -0.4 is 4.90 Å². The first kappa shape index (κ1) is 11.0. The average Bonchev–Trinajstić information content (AvgIpc) is 2.64. The van der Waals surface area contributed by atoms with Gasteiger partial charge >= 0.3 is 0 Å². The van der Waals surface area contributed by atoms with Gasteiger partial charge in [-0.3, -0.25) is 4.79 Å². The molecule has 2 nitrogen and oxygen atoms in total. The Labute approximate surface area is 105 Å². The van der Waals surface area contributed by atoms with Gasteiger partial charge in [0.15, 0.2) is 0 Å². The third-order valence-corrected chi connectivity index (χ3v) is 3.39. The van der Waals surface area contributed by atoms with Crippen LogP contribution in [0, 0.1) is 5.82 Å². The number of hydrogen-bond donors (Lipinski definition) is 0. The van der Waals surface area contributed by atoms with E-state index in [4.69, 9.17) is 0 Å². The summed E-state index contributed by atoms with van der Waals surface area (Å²) in [5.74, 6) is -0.569. The van der Waals surface area contributed by atoms with E-state index in [1.54, 1.807) is 24.1 Å². The van der Waals surface area contributed by atoms with Crippen molar-refractivity contribution >= 4 is 11.6 Å². The highest BCUT2D eigenvalue weighted by molar-refractivity contribution is 6.06. The van der Waals surface area contributed by atoms with Gasteiger partial charge in [0.25, 0.3) is 0 Å². The van der Waals surface area contributed by atoms with Crippen LogP contribution in [0.4, 0.5) is 10.1 Å². The summed E-state index contributed by atoms with van der Waals surface area (Å²) >= 11 is 0. The second-order valence-corrected chi connectivity index (χ2v) is 4.44. The molecule has 3 heteroatoms.